The van der Waals surface area contributed by atoms with Gasteiger partial charge in [0.2, 0.25) is 0 Å². The maximum absolute atomic E-state index is 9.18. The van der Waals surface area contributed by atoms with Crippen LogP contribution in [0.2, 0.25) is 0 Å². The first kappa shape index (κ1) is 10.0. The molecule has 0 fully saturated rings. The van der Waals surface area contributed by atoms with Crippen molar-refractivity contribution in [3.8, 4) is 0 Å². The minimum atomic E-state index is -0.259. The Bertz CT molecular complexity index is 195. The predicted octanol–water partition coefficient (Wildman–Crippen LogP) is 1.80. The van der Waals surface area contributed by atoms with Crippen LogP contribution in [0, 0.1) is 10.8 Å². The van der Waals surface area contributed by atoms with Crippen molar-refractivity contribution in [2.75, 3.05) is 0 Å². The molecule has 11 heavy (non-hydrogen) atoms. The van der Waals surface area contributed by atoms with Crippen LogP contribution in [-0.4, -0.2) is 10.9 Å². The summed E-state index contributed by atoms with van der Waals surface area (Å²) >= 11 is 0. The van der Waals surface area contributed by atoms with Crippen molar-refractivity contribution in [3.05, 3.63) is 11.3 Å². The minimum absolute atomic E-state index is 0.0579. The summed E-state index contributed by atoms with van der Waals surface area (Å²) in [5, 5.41) is 16.4. The fraction of sp³-hybridized carbons (Fsp3) is 0.625. The summed E-state index contributed by atoms with van der Waals surface area (Å²) in [7, 11) is 0. The molecule has 0 amide bonds. The van der Waals surface area contributed by atoms with E-state index in [-0.39, 0.29) is 17.0 Å². The van der Waals surface area contributed by atoms with Gasteiger partial charge in [0, 0.05) is 5.57 Å². The van der Waals surface area contributed by atoms with Gasteiger partial charge in [-0.25, -0.2) is 0 Å². The molecular formula is C8H16N2O. The molecule has 0 radical (unpaired) electrons. The van der Waals surface area contributed by atoms with Crippen molar-refractivity contribution in [2.45, 2.75) is 27.7 Å². The van der Waals surface area contributed by atoms with E-state index in [0.717, 1.165) is 0 Å². The third kappa shape index (κ3) is 2.62. The molecule has 0 aliphatic heterocycles. The predicted molar refractivity (Wildman–Crippen MR) is 46.7 cm³/mol. The largest absolute Gasteiger partial charge is 0.512 e. The summed E-state index contributed by atoms with van der Waals surface area (Å²) < 4.78 is 0. The molecule has 0 aromatic carbocycles. The molecule has 0 atom stereocenters. The van der Waals surface area contributed by atoms with E-state index in [1.165, 1.54) is 0 Å². The zero-order chi connectivity index (χ0) is 9.23. The second-order valence-corrected chi connectivity index (χ2v) is 3.62. The smallest absolute Gasteiger partial charge is 0.122 e. The Kier molecular flexibility index (Phi) is 2.68. The fourth-order valence-corrected chi connectivity index (χ4v) is 1.14. The average Bonchev–Trinajstić information content (AvgIpc) is 1.54. The maximum Gasteiger partial charge on any atom is 0.122 e. The van der Waals surface area contributed by atoms with Gasteiger partial charge in [0.25, 0.3) is 0 Å². The van der Waals surface area contributed by atoms with Crippen LogP contribution >= 0.6 is 0 Å². The second kappa shape index (κ2) is 2.95. The van der Waals surface area contributed by atoms with Gasteiger partial charge in [-0.3, -0.25) is 5.41 Å². The van der Waals surface area contributed by atoms with E-state index in [0.29, 0.717) is 5.57 Å². The van der Waals surface area contributed by atoms with Gasteiger partial charge in [0.1, 0.15) is 5.84 Å². The van der Waals surface area contributed by atoms with Crippen LogP contribution in [0.3, 0.4) is 0 Å². The van der Waals surface area contributed by atoms with Gasteiger partial charge in [0.05, 0.1) is 5.76 Å². The van der Waals surface area contributed by atoms with Gasteiger partial charge in [-0.1, -0.05) is 20.8 Å². The highest BCUT2D eigenvalue weighted by Gasteiger charge is 2.21. The van der Waals surface area contributed by atoms with Crippen LogP contribution in [0.5, 0.6) is 0 Å². The number of nitrogens with two attached hydrogens (primary N) is 1. The highest BCUT2D eigenvalue weighted by atomic mass is 16.3. The first-order valence-corrected chi connectivity index (χ1v) is 3.51. The summed E-state index contributed by atoms with van der Waals surface area (Å²) in [6.07, 6.45) is 0. The van der Waals surface area contributed by atoms with E-state index in [2.05, 4.69) is 0 Å². The molecule has 0 rings (SSSR count). The minimum Gasteiger partial charge on any atom is -0.512 e. The Morgan fingerprint density at radius 1 is 1.36 bits per heavy atom. The van der Waals surface area contributed by atoms with E-state index >= 15 is 0 Å². The summed E-state index contributed by atoms with van der Waals surface area (Å²) in [6, 6.07) is 0. The lowest BCUT2D eigenvalue weighted by Crippen LogP contribution is -2.25. The maximum atomic E-state index is 9.18. The van der Waals surface area contributed by atoms with Crippen LogP contribution < -0.4 is 5.73 Å². The normalized spacial score (nSPS) is 14.2. The first-order chi connectivity index (χ1) is 4.76. The fourth-order valence-electron chi connectivity index (χ4n) is 1.14. The molecule has 0 spiro atoms. The summed E-state index contributed by atoms with van der Waals surface area (Å²) in [6.45, 7) is 7.26. The molecule has 0 bridgehead atoms. The number of nitrogens with one attached hydrogen (secondary N) is 1. The van der Waals surface area contributed by atoms with Crippen molar-refractivity contribution in [2.24, 2.45) is 11.1 Å². The lowest BCUT2D eigenvalue weighted by atomic mass is 9.85. The van der Waals surface area contributed by atoms with E-state index in [1.807, 2.05) is 20.8 Å². The van der Waals surface area contributed by atoms with Crippen molar-refractivity contribution < 1.29 is 5.11 Å². The number of hydrogen-bond donors (Lipinski definition) is 3. The van der Waals surface area contributed by atoms with Gasteiger partial charge in [-0.2, -0.15) is 0 Å². The lowest BCUT2D eigenvalue weighted by Gasteiger charge is -2.22. The van der Waals surface area contributed by atoms with Gasteiger partial charge in [-0.05, 0) is 12.3 Å². The quantitative estimate of drug-likeness (QED) is 0.308. The number of hydrogen-bond acceptors (Lipinski definition) is 2. The Hall–Kier alpha value is -0.990. The molecule has 0 aliphatic carbocycles. The summed E-state index contributed by atoms with van der Waals surface area (Å²) in [5.74, 6) is 0.0718. The van der Waals surface area contributed by atoms with Gasteiger partial charge >= 0.3 is 0 Å². The van der Waals surface area contributed by atoms with Crippen molar-refractivity contribution in [1.29, 1.82) is 5.41 Å². The molecule has 3 nitrogen and oxygen atoms in total. The number of aliphatic hydroxyl groups is 1. The molecule has 0 unspecified atom stereocenters. The standard InChI is InChI=1S/C8H16N2O/c1-5(11)6(7(9)10)8(2,3)4/h11H,1-4H3,(H3,9,10)/b6-5+. The summed E-state index contributed by atoms with van der Waals surface area (Å²) in [5.41, 5.74) is 5.54. The highest BCUT2D eigenvalue weighted by molar-refractivity contribution is 5.95. The third-order valence-corrected chi connectivity index (χ3v) is 1.38. The molecule has 0 saturated heterocycles. The Labute approximate surface area is 67.4 Å². The summed E-state index contributed by atoms with van der Waals surface area (Å²) in [4.78, 5) is 0. The average molecular weight is 156 g/mol. The number of aliphatic hydroxyl groups excluding tert-OH is 1. The molecule has 3 heteroatoms. The van der Waals surface area contributed by atoms with Crippen LogP contribution in [0.15, 0.2) is 11.3 Å². The molecule has 0 aromatic heterocycles. The van der Waals surface area contributed by atoms with Crippen LogP contribution in [0.1, 0.15) is 27.7 Å². The van der Waals surface area contributed by atoms with E-state index in [1.54, 1.807) is 6.92 Å². The Morgan fingerprint density at radius 2 is 1.73 bits per heavy atom. The van der Waals surface area contributed by atoms with Gasteiger partial charge < -0.3 is 10.8 Å². The molecule has 64 valence electrons. The molecule has 0 saturated carbocycles. The SMILES string of the molecule is C/C(O)=C(/C(=N)N)C(C)(C)C. The Balaban J connectivity index is 4.96. The number of allylic oxidation sites excluding steroid dienone is 1. The van der Waals surface area contributed by atoms with E-state index < -0.39 is 0 Å². The van der Waals surface area contributed by atoms with Gasteiger partial charge in [-0.15, -0.1) is 0 Å². The van der Waals surface area contributed by atoms with Crippen molar-refractivity contribution >= 4 is 5.84 Å². The monoisotopic (exact) mass is 156 g/mol. The molecule has 0 aliphatic rings. The van der Waals surface area contributed by atoms with E-state index in [9.17, 15) is 5.11 Å². The zero-order valence-corrected chi connectivity index (χ0v) is 7.52. The Morgan fingerprint density at radius 3 is 1.73 bits per heavy atom. The molecule has 0 aromatic rings. The van der Waals surface area contributed by atoms with Gasteiger partial charge in [0.15, 0.2) is 0 Å². The first-order valence-electron chi connectivity index (χ1n) is 3.51. The highest BCUT2D eigenvalue weighted by Crippen LogP contribution is 2.26. The third-order valence-electron chi connectivity index (χ3n) is 1.38. The number of rotatable bonds is 1. The van der Waals surface area contributed by atoms with Crippen molar-refractivity contribution in [3.63, 3.8) is 0 Å². The lowest BCUT2D eigenvalue weighted by molar-refractivity contribution is 0.384. The van der Waals surface area contributed by atoms with E-state index in [4.69, 9.17) is 11.1 Å². The van der Waals surface area contributed by atoms with Crippen LogP contribution in [-0.2, 0) is 0 Å². The molecular weight excluding hydrogens is 140 g/mol. The zero-order valence-electron chi connectivity index (χ0n) is 7.52. The molecule has 4 N–H and O–H groups in total. The topological polar surface area (TPSA) is 70.1 Å². The second-order valence-electron chi connectivity index (χ2n) is 3.62. The van der Waals surface area contributed by atoms with Crippen LogP contribution in [0.25, 0.3) is 0 Å². The number of amidine groups is 1. The van der Waals surface area contributed by atoms with Crippen LogP contribution in [0.4, 0.5) is 0 Å². The molecule has 0 heterocycles. The van der Waals surface area contributed by atoms with Crippen molar-refractivity contribution in [1.82, 2.24) is 0 Å².